The third-order valence-electron chi connectivity index (χ3n) is 6.22. The molecule has 1 saturated heterocycles. The summed E-state index contributed by atoms with van der Waals surface area (Å²) in [6.45, 7) is 1.61. The molecule has 0 radical (unpaired) electrons. The molecule has 3 amide bonds. The Hall–Kier alpha value is -3.68. The molecule has 172 valence electrons. The zero-order valence-electron chi connectivity index (χ0n) is 18.6. The molecular weight excluding hydrogens is 424 g/mol. The molecule has 2 aromatic rings. The summed E-state index contributed by atoms with van der Waals surface area (Å²) in [6.07, 6.45) is 2.34. The summed E-state index contributed by atoms with van der Waals surface area (Å²) in [7, 11) is 1.52. The number of carbonyl (C=O) groups is 4. The average Bonchev–Trinajstić information content (AvgIpc) is 3.06. The quantitative estimate of drug-likeness (QED) is 0.535. The number of nitrogens with zero attached hydrogens (tertiary/aromatic N) is 1. The maximum Gasteiger partial charge on any atom is 0.338 e. The smallest absolute Gasteiger partial charge is 0.338 e. The van der Waals surface area contributed by atoms with E-state index in [0.29, 0.717) is 35.9 Å². The highest BCUT2D eigenvalue weighted by Crippen LogP contribution is 2.42. The molecule has 3 atom stereocenters. The van der Waals surface area contributed by atoms with Gasteiger partial charge >= 0.3 is 5.97 Å². The number of imide groups is 1. The Labute approximate surface area is 191 Å². The number of hydrogen-bond acceptors (Lipinski definition) is 6. The molecule has 0 bridgehead atoms. The minimum Gasteiger partial charge on any atom is -0.497 e. The topological polar surface area (TPSA) is 102 Å². The van der Waals surface area contributed by atoms with Crippen molar-refractivity contribution in [3.8, 4) is 5.75 Å². The molecule has 2 aromatic carbocycles. The molecule has 1 aliphatic carbocycles. The van der Waals surface area contributed by atoms with Gasteiger partial charge in [0.15, 0.2) is 6.61 Å². The van der Waals surface area contributed by atoms with Crippen LogP contribution >= 0.6 is 0 Å². The fourth-order valence-electron chi connectivity index (χ4n) is 4.53. The van der Waals surface area contributed by atoms with Crippen LogP contribution in [-0.4, -0.2) is 37.4 Å². The largest absolute Gasteiger partial charge is 0.497 e. The van der Waals surface area contributed by atoms with Gasteiger partial charge in [-0.1, -0.05) is 19.1 Å². The van der Waals surface area contributed by atoms with Gasteiger partial charge in [-0.3, -0.25) is 19.3 Å². The van der Waals surface area contributed by atoms with E-state index in [9.17, 15) is 19.2 Å². The molecule has 8 heteroatoms. The zero-order chi connectivity index (χ0) is 23.5. The van der Waals surface area contributed by atoms with Gasteiger partial charge in [-0.2, -0.15) is 0 Å². The number of anilines is 2. The van der Waals surface area contributed by atoms with E-state index in [1.54, 1.807) is 36.4 Å². The lowest BCUT2D eigenvalue weighted by Gasteiger charge is -2.25. The fraction of sp³-hybridized carbons (Fsp3) is 0.360. The van der Waals surface area contributed by atoms with Crippen LogP contribution in [0.5, 0.6) is 5.75 Å². The van der Waals surface area contributed by atoms with Crippen molar-refractivity contribution in [2.75, 3.05) is 23.9 Å². The molecule has 4 rings (SSSR count). The summed E-state index contributed by atoms with van der Waals surface area (Å²) < 4.78 is 10.2. The number of hydrogen-bond donors (Lipinski definition) is 1. The maximum atomic E-state index is 12.9. The predicted octanol–water partition coefficient (Wildman–Crippen LogP) is 3.42. The first-order valence-corrected chi connectivity index (χ1v) is 11.0. The van der Waals surface area contributed by atoms with Crippen molar-refractivity contribution in [1.82, 2.24) is 0 Å². The zero-order valence-corrected chi connectivity index (χ0v) is 18.6. The third kappa shape index (κ3) is 4.74. The highest BCUT2D eigenvalue weighted by atomic mass is 16.5. The molecule has 0 aromatic heterocycles. The van der Waals surface area contributed by atoms with Gasteiger partial charge in [0.25, 0.3) is 5.91 Å². The molecule has 2 fully saturated rings. The highest BCUT2D eigenvalue weighted by molar-refractivity contribution is 6.22. The summed E-state index contributed by atoms with van der Waals surface area (Å²) in [4.78, 5) is 51.7. The van der Waals surface area contributed by atoms with Crippen molar-refractivity contribution < 1.29 is 28.7 Å². The number of methoxy groups -OCH3 is 1. The van der Waals surface area contributed by atoms with Crippen LogP contribution in [0.2, 0.25) is 0 Å². The Balaban J connectivity index is 1.40. The van der Waals surface area contributed by atoms with Crippen LogP contribution in [0, 0.1) is 17.8 Å². The van der Waals surface area contributed by atoms with E-state index in [-0.39, 0.29) is 29.2 Å². The van der Waals surface area contributed by atoms with Crippen LogP contribution < -0.4 is 15.0 Å². The normalized spacial score (nSPS) is 22.0. The van der Waals surface area contributed by atoms with Crippen molar-refractivity contribution in [3.05, 3.63) is 54.1 Å². The molecule has 2 aliphatic rings. The first-order chi connectivity index (χ1) is 15.9. The second-order valence-electron chi connectivity index (χ2n) is 8.55. The van der Waals surface area contributed by atoms with Crippen LogP contribution in [0.15, 0.2) is 48.5 Å². The summed E-state index contributed by atoms with van der Waals surface area (Å²) in [6, 6.07) is 13.0. The third-order valence-corrected chi connectivity index (χ3v) is 6.22. The number of carbonyl (C=O) groups excluding carboxylic acids is 4. The summed E-state index contributed by atoms with van der Waals surface area (Å²) >= 11 is 0. The van der Waals surface area contributed by atoms with Gasteiger partial charge in [-0.25, -0.2) is 4.79 Å². The second-order valence-corrected chi connectivity index (χ2v) is 8.55. The molecule has 1 saturated carbocycles. The summed E-state index contributed by atoms with van der Waals surface area (Å²) in [5.41, 5.74) is 1.02. The maximum absolute atomic E-state index is 12.9. The molecule has 1 aliphatic heterocycles. The molecule has 8 nitrogen and oxygen atoms in total. The van der Waals surface area contributed by atoms with Crippen molar-refractivity contribution in [1.29, 1.82) is 0 Å². The Morgan fingerprint density at radius 3 is 2.58 bits per heavy atom. The molecule has 1 heterocycles. The first-order valence-electron chi connectivity index (χ1n) is 11.0. The Bertz CT molecular complexity index is 1100. The van der Waals surface area contributed by atoms with Gasteiger partial charge in [0.2, 0.25) is 11.8 Å². The Kier molecular flexibility index (Phi) is 6.44. The molecule has 0 spiro atoms. The lowest BCUT2D eigenvalue weighted by Crippen LogP contribution is -2.31. The van der Waals surface area contributed by atoms with E-state index < -0.39 is 18.5 Å². The average molecular weight is 450 g/mol. The fourth-order valence-corrected chi connectivity index (χ4v) is 4.53. The van der Waals surface area contributed by atoms with Crippen LogP contribution in [-0.2, 0) is 19.1 Å². The summed E-state index contributed by atoms with van der Waals surface area (Å²) in [5, 5.41) is 2.63. The molecule has 0 unspecified atom stereocenters. The minimum atomic E-state index is -0.720. The highest BCUT2D eigenvalue weighted by Gasteiger charge is 2.50. The lowest BCUT2D eigenvalue weighted by molar-refractivity contribution is -0.122. The van der Waals surface area contributed by atoms with Gasteiger partial charge in [-0.15, -0.1) is 0 Å². The van der Waals surface area contributed by atoms with Gasteiger partial charge < -0.3 is 14.8 Å². The van der Waals surface area contributed by atoms with E-state index in [2.05, 4.69) is 12.2 Å². The van der Waals surface area contributed by atoms with Crippen LogP contribution in [0.25, 0.3) is 0 Å². The van der Waals surface area contributed by atoms with E-state index >= 15 is 0 Å². The minimum absolute atomic E-state index is 0.158. The summed E-state index contributed by atoms with van der Waals surface area (Å²) in [5.74, 6) is -1.23. The molecule has 1 N–H and O–H groups in total. The van der Waals surface area contributed by atoms with Crippen LogP contribution in [0.1, 0.15) is 36.5 Å². The number of fused-ring (bicyclic) bond motifs is 1. The van der Waals surface area contributed by atoms with Crippen molar-refractivity contribution in [3.63, 3.8) is 0 Å². The Morgan fingerprint density at radius 2 is 1.79 bits per heavy atom. The number of nitrogens with one attached hydrogen (secondary N) is 1. The van der Waals surface area contributed by atoms with Crippen molar-refractivity contribution >= 4 is 35.1 Å². The van der Waals surface area contributed by atoms with Crippen molar-refractivity contribution in [2.24, 2.45) is 17.8 Å². The van der Waals surface area contributed by atoms with E-state index in [1.807, 2.05) is 0 Å². The number of esters is 1. The first kappa shape index (κ1) is 22.5. The van der Waals surface area contributed by atoms with E-state index in [4.69, 9.17) is 9.47 Å². The van der Waals surface area contributed by atoms with Gasteiger partial charge in [0.05, 0.1) is 30.2 Å². The standard InChI is InChI=1S/C25H26N2O6/c1-15-9-10-20-21(11-15)24(30)27(23(20)29)18-7-3-5-16(12-18)25(31)33-14-22(28)26-17-6-4-8-19(13-17)32-2/h3-8,12-13,15,20-21H,9-11,14H2,1-2H3,(H,26,28)/t15-,20+,21+/m0/s1. The number of benzene rings is 2. The lowest BCUT2D eigenvalue weighted by atomic mass is 9.76. The van der Waals surface area contributed by atoms with Crippen LogP contribution in [0.4, 0.5) is 11.4 Å². The molecule has 33 heavy (non-hydrogen) atoms. The van der Waals surface area contributed by atoms with Gasteiger partial charge in [0, 0.05) is 11.8 Å². The van der Waals surface area contributed by atoms with Crippen LogP contribution in [0.3, 0.4) is 0 Å². The monoisotopic (exact) mass is 450 g/mol. The number of ether oxygens (including phenoxy) is 2. The number of amides is 3. The van der Waals surface area contributed by atoms with Gasteiger partial charge in [-0.05, 0) is 55.5 Å². The predicted molar refractivity (Wildman–Crippen MR) is 121 cm³/mol. The van der Waals surface area contributed by atoms with E-state index in [1.165, 1.54) is 24.1 Å². The molecular formula is C25H26N2O6. The van der Waals surface area contributed by atoms with Crippen molar-refractivity contribution in [2.45, 2.75) is 26.2 Å². The SMILES string of the molecule is COc1cccc(NC(=O)COC(=O)c2cccc(N3C(=O)[C@@H]4CC[C@H](C)C[C@H]4C3=O)c2)c1. The number of rotatable bonds is 6. The van der Waals surface area contributed by atoms with E-state index in [0.717, 1.165) is 6.42 Å². The second kappa shape index (κ2) is 9.44. The van der Waals surface area contributed by atoms with Gasteiger partial charge in [0.1, 0.15) is 5.75 Å². The Morgan fingerprint density at radius 1 is 1.03 bits per heavy atom.